The standard InChI is InChI=1S/C40H75O10P/c1-3-5-7-9-11-13-15-17-18-20-21-23-25-27-29-31-39(43)47-35-38(36-49-51(45,46)48-34-37(42)33-41)50-40(44)32-30-28-26-24-22-19-16-14-12-10-8-6-4-2/h11,13,17-18,37-38,41-42H,3-10,12,14-16,19-36H2,1-2H3,(H,45,46)/t37-,38+/m0/s1. The molecule has 0 spiro atoms. The molecule has 0 rings (SSSR count). The quantitative estimate of drug-likeness (QED) is 0.0241. The van der Waals surface area contributed by atoms with Gasteiger partial charge in [0, 0.05) is 12.8 Å². The Kier molecular flexibility index (Phi) is 35.7. The second-order valence-corrected chi connectivity index (χ2v) is 15.1. The molecular formula is C40H75O10P. The van der Waals surface area contributed by atoms with Crippen LogP contribution in [0.25, 0.3) is 0 Å². The van der Waals surface area contributed by atoms with Crippen LogP contribution in [0.15, 0.2) is 24.3 Å². The van der Waals surface area contributed by atoms with Crippen LogP contribution in [0.1, 0.15) is 181 Å². The fourth-order valence-corrected chi connectivity index (χ4v) is 6.22. The lowest BCUT2D eigenvalue weighted by Crippen LogP contribution is -2.29. The molecular weight excluding hydrogens is 671 g/mol. The van der Waals surface area contributed by atoms with E-state index in [4.69, 9.17) is 19.1 Å². The zero-order valence-electron chi connectivity index (χ0n) is 32.3. The summed E-state index contributed by atoms with van der Waals surface area (Å²) in [7, 11) is -4.61. The monoisotopic (exact) mass is 747 g/mol. The van der Waals surface area contributed by atoms with Gasteiger partial charge in [0.15, 0.2) is 6.10 Å². The number of phosphoric ester groups is 1. The van der Waals surface area contributed by atoms with Crippen molar-refractivity contribution in [2.45, 2.75) is 193 Å². The lowest BCUT2D eigenvalue weighted by atomic mass is 10.0. The second kappa shape index (κ2) is 36.8. The van der Waals surface area contributed by atoms with E-state index < -0.39 is 51.8 Å². The third-order valence-corrected chi connectivity index (χ3v) is 9.56. The Bertz CT molecular complexity index is 910. The van der Waals surface area contributed by atoms with E-state index in [2.05, 4.69) is 42.7 Å². The summed E-state index contributed by atoms with van der Waals surface area (Å²) >= 11 is 0. The van der Waals surface area contributed by atoms with Crippen LogP contribution in [-0.4, -0.2) is 65.7 Å². The summed E-state index contributed by atoms with van der Waals surface area (Å²) in [5, 5.41) is 18.3. The van der Waals surface area contributed by atoms with Crippen molar-refractivity contribution in [1.29, 1.82) is 0 Å². The van der Waals surface area contributed by atoms with Crippen LogP contribution in [0.5, 0.6) is 0 Å². The second-order valence-electron chi connectivity index (χ2n) is 13.7. The molecule has 3 atom stereocenters. The molecule has 0 aromatic carbocycles. The number of phosphoric acid groups is 1. The van der Waals surface area contributed by atoms with Crippen LogP contribution < -0.4 is 0 Å². The predicted molar refractivity (Wildman–Crippen MR) is 205 cm³/mol. The van der Waals surface area contributed by atoms with Crippen LogP contribution in [0.4, 0.5) is 0 Å². The molecule has 0 saturated carbocycles. The van der Waals surface area contributed by atoms with Crippen molar-refractivity contribution in [3.8, 4) is 0 Å². The molecule has 10 nitrogen and oxygen atoms in total. The maximum atomic E-state index is 12.6. The number of hydrogen-bond donors (Lipinski definition) is 3. The van der Waals surface area contributed by atoms with E-state index in [-0.39, 0.29) is 19.4 Å². The van der Waals surface area contributed by atoms with Gasteiger partial charge in [0.25, 0.3) is 0 Å². The average molecular weight is 747 g/mol. The summed E-state index contributed by atoms with van der Waals surface area (Å²) in [5.74, 6) is -0.937. The molecule has 0 radical (unpaired) electrons. The summed E-state index contributed by atoms with van der Waals surface area (Å²) in [5.41, 5.74) is 0. The normalized spacial score (nSPS) is 14.2. The van der Waals surface area contributed by atoms with Crippen LogP contribution >= 0.6 is 7.82 Å². The smallest absolute Gasteiger partial charge is 0.462 e. The Labute approximate surface area is 310 Å². The largest absolute Gasteiger partial charge is 0.472 e. The molecule has 0 bridgehead atoms. The Hall–Kier alpha value is -1.55. The summed E-state index contributed by atoms with van der Waals surface area (Å²) in [6.07, 6.45) is 34.2. The summed E-state index contributed by atoms with van der Waals surface area (Å²) in [4.78, 5) is 34.9. The fourth-order valence-electron chi connectivity index (χ4n) is 5.43. The molecule has 0 fully saturated rings. The van der Waals surface area contributed by atoms with Gasteiger partial charge in [-0.1, -0.05) is 147 Å². The van der Waals surface area contributed by atoms with Gasteiger partial charge >= 0.3 is 19.8 Å². The van der Waals surface area contributed by atoms with Gasteiger partial charge in [-0.05, 0) is 44.9 Å². The molecule has 0 aromatic heterocycles. The Morgan fingerprint density at radius 3 is 1.55 bits per heavy atom. The highest BCUT2D eigenvalue weighted by Gasteiger charge is 2.27. The summed E-state index contributed by atoms with van der Waals surface area (Å²) < 4.78 is 32.6. The Balaban J connectivity index is 4.34. The van der Waals surface area contributed by atoms with Crippen molar-refractivity contribution in [2.75, 3.05) is 26.4 Å². The zero-order chi connectivity index (χ0) is 37.7. The van der Waals surface area contributed by atoms with Crippen LogP contribution in [0, 0.1) is 0 Å². The number of aliphatic hydroxyl groups excluding tert-OH is 2. The topological polar surface area (TPSA) is 149 Å². The number of ether oxygens (including phenoxy) is 2. The van der Waals surface area contributed by atoms with Crippen molar-refractivity contribution in [1.82, 2.24) is 0 Å². The van der Waals surface area contributed by atoms with Gasteiger partial charge in [0.05, 0.1) is 19.8 Å². The van der Waals surface area contributed by atoms with E-state index in [0.717, 1.165) is 57.8 Å². The third kappa shape index (κ3) is 36.6. The van der Waals surface area contributed by atoms with Crippen molar-refractivity contribution in [2.24, 2.45) is 0 Å². The summed E-state index contributed by atoms with van der Waals surface area (Å²) in [6, 6.07) is 0. The molecule has 11 heteroatoms. The first-order chi connectivity index (χ1) is 24.7. The van der Waals surface area contributed by atoms with Gasteiger partial charge in [-0.25, -0.2) is 4.57 Å². The molecule has 0 aliphatic heterocycles. The van der Waals surface area contributed by atoms with Gasteiger partial charge in [0.2, 0.25) is 0 Å². The number of allylic oxidation sites excluding steroid dienone is 4. The molecule has 3 N–H and O–H groups in total. The number of unbranched alkanes of at least 4 members (excludes halogenated alkanes) is 20. The van der Waals surface area contributed by atoms with Crippen molar-refractivity contribution < 1.29 is 47.8 Å². The number of carbonyl (C=O) groups excluding carboxylic acids is 2. The first kappa shape index (κ1) is 49.5. The third-order valence-electron chi connectivity index (χ3n) is 8.61. The van der Waals surface area contributed by atoms with Gasteiger partial charge in [-0.3, -0.25) is 18.6 Å². The highest BCUT2D eigenvalue weighted by molar-refractivity contribution is 7.47. The average Bonchev–Trinajstić information content (AvgIpc) is 3.12. The SMILES string of the molecule is CCCCCC=CCC=CCCCCCCCC(=O)OC[C@H](COP(=O)(O)OC[C@@H](O)CO)OC(=O)CCCCCCCCCCCCCCC. The molecule has 0 amide bonds. The van der Waals surface area contributed by atoms with E-state index >= 15 is 0 Å². The zero-order valence-corrected chi connectivity index (χ0v) is 33.2. The van der Waals surface area contributed by atoms with Gasteiger partial charge < -0.3 is 24.6 Å². The summed E-state index contributed by atoms with van der Waals surface area (Å²) in [6.45, 7) is 2.34. The van der Waals surface area contributed by atoms with E-state index in [1.807, 2.05) is 0 Å². The lowest BCUT2D eigenvalue weighted by molar-refractivity contribution is -0.161. The van der Waals surface area contributed by atoms with E-state index in [1.54, 1.807) is 0 Å². The van der Waals surface area contributed by atoms with Crippen molar-refractivity contribution >= 4 is 19.8 Å². The maximum Gasteiger partial charge on any atom is 0.472 e. The number of aliphatic hydroxyl groups is 2. The molecule has 0 aliphatic rings. The van der Waals surface area contributed by atoms with E-state index in [0.29, 0.717) is 12.8 Å². The molecule has 0 aromatic rings. The number of hydrogen-bond acceptors (Lipinski definition) is 9. The number of esters is 2. The minimum atomic E-state index is -4.61. The molecule has 300 valence electrons. The minimum Gasteiger partial charge on any atom is -0.462 e. The van der Waals surface area contributed by atoms with Crippen LogP contribution in [-0.2, 0) is 32.7 Å². The van der Waals surface area contributed by atoms with E-state index in [9.17, 15) is 24.2 Å². The predicted octanol–water partition coefficient (Wildman–Crippen LogP) is 10.2. The first-order valence-corrected chi connectivity index (χ1v) is 21.8. The van der Waals surface area contributed by atoms with Crippen LogP contribution in [0.2, 0.25) is 0 Å². The molecule has 1 unspecified atom stereocenters. The van der Waals surface area contributed by atoms with Crippen LogP contribution in [0.3, 0.4) is 0 Å². The van der Waals surface area contributed by atoms with Gasteiger partial charge in [-0.15, -0.1) is 0 Å². The first-order valence-electron chi connectivity index (χ1n) is 20.3. The highest BCUT2D eigenvalue weighted by atomic mass is 31.2. The number of rotatable bonds is 38. The Morgan fingerprint density at radius 1 is 0.588 bits per heavy atom. The molecule has 0 saturated heterocycles. The molecule has 0 heterocycles. The molecule has 0 aliphatic carbocycles. The maximum absolute atomic E-state index is 12.6. The minimum absolute atomic E-state index is 0.185. The van der Waals surface area contributed by atoms with Gasteiger partial charge in [-0.2, -0.15) is 0 Å². The van der Waals surface area contributed by atoms with Crippen molar-refractivity contribution in [3.63, 3.8) is 0 Å². The lowest BCUT2D eigenvalue weighted by Gasteiger charge is -2.20. The Morgan fingerprint density at radius 2 is 1.02 bits per heavy atom. The number of carbonyl (C=O) groups is 2. The highest BCUT2D eigenvalue weighted by Crippen LogP contribution is 2.43. The van der Waals surface area contributed by atoms with Crippen molar-refractivity contribution in [3.05, 3.63) is 24.3 Å². The molecule has 51 heavy (non-hydrogen) atoms. The van der Waals surface area contributed by atoms with E-state index in [1.165, 1.54) is 83.5 Å². The fraction of sp³-hybridized carbons (Fsp3) is 0.850. The van der Waals surface area contributed by atoms with Gasteiger partial charge in [0.1, 0.15) is 12.7 Å².